The van der Waals surface area contributed by atoms with Crippen LogP contribution in [0.5, 0.6) is 0 Å². The van der Waals surface area contributed by atoms with Gasteiger partial charge in [-0.2, -0.15) is 12.7 Å². The Labute approximate surface area is 59.6 Å². The van der Waals surface area contributed by atoms with Gasteiger partial charge in [-0.05, 0) is 11.6 Å². The Hall–Kier alpha value is -0.170. The summed E-state index contributed by atoms with van der Waals surface area (Å²) in [6, 6.07) is 0. The second-order valence-corrected chi connectivity index (χ2v) is 3.58. The number of hydrogen-bond acceptors (Lipinski definition) is 5. The van der Waals surface area contributed by atoms with Gasteiger partial charge >= 0.3 is 0 Å². The SMILES string of the molecule is CS(=O)(=O)ON1CCCO1. The van der Waals surface area contributed by atoms with E-state index in [0.717, 1.165) is 17.9 Å². The number of nitrogens with zero attached hydrogens (tertiary/aromatic N) is 1. The van der Waals surface area contributed by atoms with Crippen molar-refractivity contribution >= 4 is 10.1 Å². The molecule has 1 rings (SSSR count). The molecule has 0 aromatic carbocycles. The standard InChI is InChI=1S/C4H9NO4S/c1-10(6,7)9-5-3-2-4-8-5/h2-4H2,1H3. The molecular formula is C4H9NO4S. The summed E-state index contributed by atoms with van der Waals surface area (Å²) in [5.74, 6) is 0. The minimum Gasteiger partial charge on any atom is -0.273 e. The van der Waals surface area contributed by atoms with Crippen molar-refractivity contribution < 1.29 is 17.5 Å². The van der Waals surface area contributed by atoms with E-state index in [9.17, 15) is 8.42 Å². The molecule has 10 heavy (non-hydrogen) atoms. The molecule has 1 aliphatic rings. The highest BCUT2D eigenvalue weighted by atomic mass is 32.2. The third-order valence-electron chi connectivity index (χ3n) is 0.939. The molecule has 6 heteroatoms. The second-order valence-electron chi connectivity index (χ2n) is 2.02. The van der Waals surface area contributed by atoms with Crippen LogP contribution in [0.1, 0.15) is 6.42 Å². The van der Waals surface area contributed by atoms with Crippen LogP contribution < -0.4 is 0 Å². The highest BCUT2D eigenvalue weighted by molar-refractivity contribution is 7.85. The smallest absolute Gasteiger partial charge is 0.273 e. The topological polar surface area (TPSA) is 55.8 Å². The zero-order valence-corrected chi connectivity index (χ0v) is 6.43. The highest BCUT2D eigenvalue weighted by Crippen LogP contribution is 2.06. The number of hydroxylamine groups is 2. The molecule has 0 N–H and O–H groups in total. The van der Waals surface area contributed by atoms with Gasteiger partial charge in [0.15, 0.2) is 0 Å². The fourth-order valence-electron chi connectivity index (χ4n) is 0.634. The van der Waals surface area contributed by atoms with Crippen LogP contribution in [0.2, 0.25) is 0 Å². The van der Waals surface area contributed by atoms with Crippen LogP contribution in [0, 0.1) is 0 Å². The molecule has 0 radical (unpaired) electrons. The predicted molar refractivity (Wildman–Crippen MR) is 33.2 cm³/mol. The van der Waals surface area contributed by atoms with E-state index in [4.69, 9.17) is 4.84 Å². The summed E-state index contributed by atoms with van der Waals surface area (Å²) in [6.07, 6.45) is 1.78. The van der Waals surface area contributed by atoms with E-state index in [1.54, 1.807) is 0 Å². The molecule has 0 saturated carbocycles. The molecule has 0 amide bonds. The first-order chi connectivity index (χ1) is 4.58. The molecule has 0 aliphatic carbocycles. The Balaban J connectivity index is 2.38. The third-order valence-corrected chi connectivity index (χ3v) is 1.38. The predicted octanol–water partition coefficient (Wildman–Crippen LogP) is -0.485. The molecule has 0 unspecified atom stereocenters. The molecule has 0 atom stereocenters. The van der Waals surface area contributed by atoms with Crippen LogP contribution in [0.3, 0.4) is 0 Å². The van der Waals surface area contributed by atoms with Crippen LogP contribution in [0.4, 0.5) is 0 Å². The zero-order valence-electron chi connectivity index (χ0n) is 5.61. The van der Waals surface area contributed by atoms with E-state index in [0.29, 0.717) is 13.2 Å². The summed E-state index contributed by atoms with van der Waals surface area (Å²) < 4.78 is 25.3. The Morgan fingerprint density at radius 1 is 1.60 bits per heavy atom. The first-order valence-corrected chi connectivity index (χ1v) is 4.69. The van der Waals surface area contributed by atoms with Gasteiger partial charge in [0.1, 0.15) is 0 Å². The largest absolute Gasteiger partial charge is 0.282 e. The van der Waals surface area contributed by atoms with E-state index in [1.807, 2.05) is 0 Å². The molecule has 1 heterocycles. The van der Waals surface area contributed by atoms with Gasteiger partial charge in [0.2, 0.25) is 0 Å². The summed E-state index contributed by atoms with van der Waals surface area (Å²) in [4.78, 5) is 4.76. The third kappa shape index (κ3) is 2.61. The van der Waals surface area contributed by atoms with Crippen molar-refractivity contribution in [1.29, 1.82) is 0 Å². The van der Waals surface area contributed by atoms with Gasteiger partial charge in [-0.15, -0.1) is 0 Å². The van der Waals surface area contributed by atoms with E-state index >= 15 is 0 Å². The van der Waals surface area contributed by atoms with Crippen molar-refractivity contribution in [3.05, 3.63) is 0 Å². The highest BCUT2D eigenvalue weighted by Gasteiger charge is 2.17. The van der Waals surface area contributed by atoms with Crippen molar-refractivity contribution in [1.82, 2.24) is 5.23 Å². The maximum absolute atomic E-state index is 10.4. The van der Waals surface area contributed by atoms with Crippen molar-refractivity contribution in [2.24, 2.45) is 0 Å². The Bertz CT molecular complexity index is 193. The van der Waals surface area contributed by atoms with Gasteiger partial charge in [-0.1, -0.05) is 0 Å². The Morgan fingerprint density at radius 3 is 2.70 bits per heavy atom. The van der Waals surface area contributed by atoms with Crippen LogP contribution in [0.25, 0.3) is 0 Å². The summed E-state index contributed by atoms with van der Waals surface area (Å²) in [5, 5.41) is 0.981. The molecule has 60 valence electrons. The maximum atomic E-state index is 10.4. The summed E-state index contributed by atoms with van der Waals surface area (Å²) in [7, 11) is -3.41. The van der Waals surface area contributed by atoms with Gasteiger partial charge in [0, 0.05) is 0 Å². The van der Waals surface area contributed by atoms with Gasteiger partial charge in [0.25, 0.3) is 10.1 Å². The molecule has 0 bridgehead atoms. The number of hydrogen-bond donors (Lipinski definition) is 0. The average molecular weight is 167 g/mol. The van der Waals surface area contributed by atoms with Gasteiger partial charge < -0.3 is 0 Å². The minimum absolute atomic E-state index is 0.507. The molecule has 0 aromatic rings. The lowest BCUT2D eigenvalue weighted by atomic mass is 10.5. The molecule has 1 aliphatic heterocycles. The second kappa shape index (κ2) is 2.83. The van der Waals surface area contributed by atoms with Crippen LogP contribution in [0.15, 0.2) is 0 Å². The van der Waals surface area contributed by atoms with Gasteiger partial charge in [-0.3, -0.25) is 4.84 Å². The number of rotatable bonds is 2. The lowest BCUT2D eigenvalue weighted by molar-refractivity contribution is -0.281. The van der Waals surface area contributed by atoms with Crippen LogP contribution in [-0.2, 0) is 19.2 Å². The maximum Gasteiger partial charge on any atom is 0.282 e. The van der Waals surface area contributed by atoms with E-state index in [1.165, 1.54) is 0 Å². The summed E-state index contributed by atoms with van der Waals surface area (Å²) in [5.41, 5.74) is 0. The van der Waals surface area contributed by atoms with E-state index in [2.05, 4.69) is 4.28 Å². The van der Waals surface area contributed by atoms with Gasteiger partial charge in [-0.25, -0.2) is 0 Å². The first kappa shape index (κ1) is 7.93. The minimum atomic E-state index is -3.41. The lowest BCUT2D eigenvalue weighted by Gasteiger charge is -2.09. The Morgan fingerprint density at radius 2 is 2.30 bits per heavy atom. The monoisotopic (exact) mass is 167 g/mol. The molecule has 5 nitrogen and oxygen atoms in total. The van der Waals surface area contributed by atoms with E-state index in [-0.39, 0.29) is 0 Å². The fraction of sp³-hybridized carbons (Fsp3) is 1.00. The molecule has 0 aromatic heterocycles. The quantitative estimate of drug-likeness (QED) is 0.555. The fourth-order valence-corrected chi connectivity index (χ4v) is 1.05. The van der Waals surface area contributed by atoms with Crippen LogP contribution >= 0.6 is 0 Å². The zero-order chi connectivity index (χ0) is 7.61. The van der Waals surface area contributed by atoms with Crippen molar-refractivity contribution in [3.63, 3.8) is 0 Å². The normalized spacial score (nSPS) is 21.7. The van der Waals surface area contributed by atoms with Gasteiger partial charge in [0.05, 0.1) is 19.4 Å². The van der Waals surface area contributed by atoms with Crippen LogP contribution in [-0.4, -0.2) is 33.1 Å². The molecule has 1 fully saturated rings. The molecular weight excluding hydrogens is 158 g/mol. The first-order valence-electron chi connectivity index (χ1n) is 2.88. The van der Waals surface area contributed by atoms with E-state index < -0.39 is 10.1 Å². The van der Waals surface area contributed by atoms with Crippen molar-refractivity contribution in [3.8, 4) is 0 Å². The molecule has 1 saturated heterocycles. The Kier molecular flexibility index (Phi) is 2.24. The molecule has 0 spiro atoms. The summed E-state index contributed by atoms with van der Waals surface area (Å²) in [6.45, 7) is 1.03. The van der Waals surface area contributed by atoms with Crippen molar-refractivity contribution in [2.45, 2.75) is 6.42 Å². The summed E-state index contributed by atoms with van der Waals surface area (Å²) >= 11 is 0. The average Bonchev–Trinajstić information content (AvgIpc) is 2.12. The lowest BCUT2D eigenvalue weighted by Crippen LogP contribution is -2.22. The van der Waals surface area contributed by atoms with Crippen molar-refractivity contribution in [2.75, 3.05) is 19.4 Å².